The van der Waals surface area contributed by atoms with Crippen molar-refractivity contribution in [3.05, 3.63) is 58.2 Å². The molecule has 1 unspecified atom stereocenters. The van der Waals surface area contributed by atoms with E-state index in [-0.39, 0.29) is 11.9 Å². The maximum atomic E-state index is 12.0. The number of carbonyl (C=O) groups excluding carboxylic acids is 1. The first kappa shape index (κ1) is 19.1. The number of hydrogen-bond acceptors (Lipinski definition) is 4. The monoisotopic (exact) mass is 378 g/mol. The Bertz CT molecular complexity index is 879. The van der Waals surface area contributed by atoms with Gasteiger partial charge in [0.1, 0.15) is 0 Å². The maximum absolute atomic E-state index is 12.0. The lowest BCUT2D eigenvalue weighted by molar-refractivity contribution is -0.132. The van der Waals surface area contributed by atoms with Gasteiger partial charge in [0.15, 0.2) is 5.82 Å². The normalized spacial score (nSPS) is 20.1. The molecule has 1 aromatic heterocycles. The van der Waals surface area contributed by atoms with Crippen LogP contribution in [-0.2, 0) is 24.3 Å². The molecule has 0 spiro atoms. The van der Waals surface area contributed by atoms with Crippen LogP contribution in [0.25, 0.3) is 0 Å². The van der Waals surface area contributed by atoms with Crippen molar-refractivity contribution in [3.8, 4) is 0 Å². The van der Waals surface area contributed by atoms with Gasteiger partial charge in [0.2, 0.25) is 5.91 Å². The molecule has 4 rings (SSSR count). The molecule has 5 nitrogen and oxygen atoms in total. The van der Waals surface area contributed by atoms with Crippen LogP contribution < -0.4 is 0 Å². The summed E-state index contributed by atoms with van der Waals surface area (Å²) in [5.41, 5.74) is 6.45. The zero-order chi connectivity index (χ0) is 19.7. The van der Waals surface area contributed by atoms with Gasteiger partial charge in [-0.05, 0) is 49.8 Å². The summed E-state index contributed by atoms with van der Waals surface area (Å²) in [4.78, 5) is 26.0. The number of amides is 1. The molecular formula is C23H30N4O. The van der Waals surface area contributed by atoms with Gasteiger partial charge in [-0.15, -0.1) is 0 Å². The van der Waals surface area contributed by atoms with Gasteiger partial charge in [-0.1, -0.05) is 18.2 Å². The average Bonchev–Trinajstić information content (AvgIpc) is 2.70. The predicted octanol–water partition coefficient (Wildman–Crippen LogP) is 3.73. The minimum absolute atomic E-state index is 0.0464. The molecule has 1 aromatic carbocycles. The standard InChI is InChI=1S/C23H30N4O/c1-16-7-8-19(12-17(16)2)14-26-11-9-21-20(15-26)13-24-23(25-21)22-6-4-5-10-27(22)18(3)28/h7-8,12-13,22H,4-6,9-11,14-15H2,1-3H3. The number of hydrogen-bond donors (Lipinski definition) is 0. The fraction of sp³-hybridized carbons (Fsp3) is 0.522. The lowest BCUT2D eigenvalue weighted by atomic mass is 10.00. The van der Waals surface area contributed by atoms with Crippen LogP contribution in [0.1, 0.15) is 66.0 Å². The van der Waals surface area contributed by atoms with Crippen LogP contribution in [0, 0.1) is 13.8 Å². The van der Waals surface area contributed by atoms with Crippen molar-refractivity contribution >= 4 is 5.91 Å². The second-order valence-electron chi connectivity index (χ2n) is 8.30. The number of carbonyl (C=O) groups is 1. The average molecular weight is 379 g/mol. The first-order valence-electron chi connectivity index (χ1n) is 10.4. The number of rotatable bonds is 3. The van der Waals surface area contributed by atoms with Gasteiger partial charge in [-0.25, -0.2) is 9.97 Å². The van der Waals surface area contributed by atoms with Crippen LogP contribution in [0.3, 0.4) is 0 Å². The van der Waals surface area contributed by atoms with Crippen molar-refractivity contribution in [2.24, 2.45) is 0 Å². The van der Waals surface area contributed by atoms with E-state index in [1.54, 1.807) is 6.92 Å². The summed E-state index contributed by atoms with van der Waals surface area (Å²) in [6, 6.07) is 6.79. The minimum atomic E-state index is 0.0464. The lowest BCUT2D eigenvalue weighted by Crippen LogP contribution is -2.38. The SMILES string of the molecule is CC(=O)N1CCCCC1c1ncc2c(n1)CCN(Cc1ccc(C)c(C)c1)C2. The number of fused-ring (bicyclic) bond motifs is 1. The number of nitrogens with zero attached hydrogens (tertiary/aromatic N) is 4. The lowest BCUT2D eigenvalue weighted by Gasteiger charge is -2.35. The van der Waals surface area contributed by atoms with Gasteiger partial charge in [0.25, 0.3) is 0 Å². The molecule has 2 aliphatic heterocycles. The Balaban J connectivity index is 1.48. The highest BCUT2D eigenvalue weighted by atomic mass is 16.2. The first-order valence-corrected chi connectivity index (χ1v) is 10.4. The van der Waals surface area contributed by atoms with Gasteiger partial charge < -0.3 is 4.90 Å². The minimum Gasteiger partial charge on any atom is -0.333 e. The Morgan fingerprint density at radius 3 is 2.82 bits per heavy atom. The van der Waals surface area contributed by atoms with Gasteiger partial charge >= 0.3 is 0 Å². The fourth-order valence-corrected chi connectivity index (χ4v) is 4.42. The molecule has 0 radical (unpaired) electrons. The van der Waals surface area contributed by atoms with Crippen LogP contribution in [0.15, 0.2) is 24.4 Å². The van der Waals surface area contributed by atoms with E-state index in [9.17, 15) is 4.79 Å². The van der Waals surface area contributed by atoms with Crippen LogP contribution in [0.4, 0.5) is 0 Å². The molecule has 5 heteroatoms. The predicted molar refractivity (Wildman–Crippen MR) is 110 cm³/mol. The van der Waals surface area contributed by atoms with E-state index in [0.29, 0.717) is 0 Å². The Hall–Kier alpha value is -2.27. The zero-order valence-corrected chi connectivity index (χ0v) is 17.2. The Kier molecular flexibility index (Phi) is 5.44. The van der Waals surface area contributed by atoms with Crippen LogP contribution >= 0.6 is 0 Å². The number of benzene rings is 1. The molecular weight excluding hydrogens is 348 g/mol. The van der Waals surface area contributed by atoms with E-state index in [0.717, 1.165) is 63.4 Å². The van der Waals surface area contributed by atoms with Crippen molar-refractivity contribution in [1.82, 2.24) is 19.8 Å². The van der Waals surface area contributed by atoms with E-state index in [1.807, 2.05) is 11.1 Å². The maximum Gasteiger partial charge on any atom is 0.220 e. The molecule has 2 aromatic rings. The molecule has 0 saturated carbocycles. The first-order chi connectivity index (χ1) is 13.5. The topological polar surface area (TPSA) is 49.3 Å². The number of aromatic nitrogens is 2. The fourth-order valence-electron chi connectivity index (χ4n) is 4.42. The van der Waals surface area contributed by atoms with E-state index in [2.05, 4.69) is 41.9 Å². The summed E-state index contributed by atoms with van der Waals surface area (Å²) in [5.74, 6) is 0.960. The van der Waals surface area contributed by atoms with Crippen molar-refractivity contribution in [2.75, 3.05) is 13.1 Å². The highest BCUT2D eigenvalue weighted by Gasteiger charge is 2.29. The highest BCUT2D eigenvalue weighted by molar-refractivity contribution is 5.73. The van der Waals surface area contributed by atoms with Crippen molar-refractivity contribution < 1.29 is 4.79 Å². The van der Waals surface area contributed by atoms with Gasteiger partial charge in [-0.3, -0.25) is 9.69 Å². The number of likely N-dealkylation sites (tertiary alicyclic amines) is 1. The Labute approximate surface area is 167 Å². The largest absolute Gasteiger partial charge is 0.333 e. The Morgan fingerprint density at radius 1 is 1.18 bits per heavy atom. The third-order valence-corrected chi connectivity index (χ3v) is 6.21. The van der Waals surface area contributed by atoms with Crippen molar-refractivity contribution in [1.29, 1.82) is 0 Å². The van der Waals surface area contributed by atoms with Crippen LogP contribution in [0.2, 0.25) is 0 Å². The summed E-state index contributed by atoms with van der Waals surface area (Å²) in [6.45, 7) is 9.68. The highest BCUT2D eigenvalue weighted by Crippen LogP contribution is 2.30. The molecule has 1 saturated heterocycles. The second kappa shape index (κ2) is 8.00. The third kappa shape index (κ3) is 3.95. The second-order valence-corrected chi connectivity index (χ2v) is 8.30. The molecule has 0 N–H and O–H groups in total. The molecule has 1 atom stereocenters. The van der Waals surface area contributed by atoms with Crippen LogP contribution in [-0.4, -0.2) is 38.8 Å². The quantitative estimate of drug-likeness (QED) is 0.817. The Morgan fingerprint density at radius 2 is 2.04 bits per heavy atom. The van der Waals surface area contributed by atoms with Gasteiger partial charge in [0, 0.05) is 57.0 Å². The third-order valence-electron chi connectivity index (χ3n) is 6.21. The molecule has 0 bridgehead atoms. The van der Waals surface area contributed by atoms with Crippen molar-refractivity contribution in [3.63, 3.8) is 0 Å². The zero-order valence-electron chi connectivity index (χ0n) is 17.2. The molecule has 1 amide bonds. The van der Waals surface area contributed by atoms with E-state index < -0.39 is 0 Å². The molecule has 1 fully saturated rings. The van der Waals surface area contributed by atoms with Crippen LogP contribution in [0.5, 0.6) is 0 Å². The number of aryl methyl sites for hydroxylation is 2. The molecule has 2 aliphatic rings. The summed E-state index contributed by atoms with van der Waals surface area (Å²) in [7, 11) is 0. The summed E-state index contributed by atoms with van der Waals surface area (Å²) in [6.07, 6.45) is 6.13. The molecule has 3 heterocycles. The molecule has 28 heavy (non-hydrogen) atoms. The van der Waals surface area contributed by atoms with Gasteiger partial charge in [0.05, 0.1) is 6.04 Å². The summed E-state index contributed by atoms with van der Waals surface area (Å²) in [5, 5.41) is 0. The van der Waals surface area contributed by atoms with E-state index >= 15 is 0 Å². The number of piperidine rings is 1. The summed E-state index contributed by atoms with van der Waals surface area (Å²) >= 11 is 0. The molecule has 0 aliphatic carbocycles. The molecule has 148 valence electrons. The summed E-state index contributed by atoms with van der Waals surface area (Å²) < 4.78 is 0. The smallest absolute Gasteiger partial charge is 0.220 e. The van der Waals surface area contributed by atoms with Gasteiger partial charge in [-0.2, -0.15) is 0 Å². The van der Waals surface area contributed by atoms with Crippen molar-refractivity contribution in [2.45, 2.75) is 65.6 Å². The van der Waals surface area contributed by atoms with E-state index in [4.69, 9.17) is 4.98 Å². The van der Waals surface area contributed by atoms with E-state index in [1.165, 1.54) is 22.3 Å².